The van der Waals surface area contributed by atoms with Crippen molar-refractivity contribution in [2.75, 3.05) is 11.4 Å². The fourth-order valence-corrected chi connectivity index (χ4v) is 2.49. The second-order valence-electron chi connectivity index (χ2n) is 5.78. The molecule has 1 unspecified atom stereocenters. The minimum Gasteiger partial charge on any atom is -0.480 e. The standard InChI is InChI=1S/C15H17ClN2O4/c1-15(2,14(21)22)17-13(20)9-7-12(19)18(8-9)11-6-4-3-5-10(11)16/h3-6,9H,7-8H2,1-2H3,(H,17,20)(H,21,22). The Morgan fingerprint density at radius 1 is 1.36 bits per heavy atom. The fourth-order valence-electron chi connectivity index (χ4n) is 2.25. The van der Waals surface area contributed by atoms with Crippen LogP contribution in [0.5, 0.6) is 0 Å². The molecule has 6 nitrogen and oxygen atoms in total. The number of benzene rings is 1. The molecule has 7 heteroatoms. The number of amides is 2. The number of rotatable bonds is 4. The number of carbonyl (C=O) groups excluding carboxylic acids is 2. The summed E-state index contributed by atoms with van der Waals surface area (Å²) in [5, 5.41) is 11.9. The number of hydrogen-bond acceptors (Lipinski definition) is 3. The van der Waals surface area contributed by atoms with Crippen molar-refractivity contribution < 1.29 is 19.5 Å². The van der Waals surface area contributed by atoms with Gasteiger partial charge in [0.05, 0.1) is 16.6 Å². The molecular weight excluding hydrogens is 308 g/mol. The van der Waals surface area contributed by atoms with Crippen molar-refractivity contribution >= 4 is 35.1 Å². The Labute approximate surface area is 133 Å². The maximum atomic E-state index is 12.2. The highest BCUT2D eigenvalue weighted by Crippen LogP contribution is 2.31. The molecule has 1 aliphatic heterocycles. The zero-order valence-corrected chi connectivity index (χ0v) is 13.1. The summed E-state index contributed by atoms with van der Waals surface area (Å²) in [4.78, 5) is 36.8. The Morgan fingerprint density at radius 3 is 2.59 bits per heavy atom. The van der Waals surface area contributed by atoms with Gasteiger partial charge in [-0.3, -0.25) is 9.59 Å². The predicted octanol–water partition coefficient (Wildman–Crippen LogP) is 1.67. The highest BCUT2D eigenvalue weighted by Gasteiger charge is 2.39. The van der Waals surface area contributed by atoms with Crippen molar-refractivity contribution in [2.45, 2.75) is 25.8 Å². The van der Waals surface area contributed by atoms with Gasteiger partial charge < -0.3 is 15.3 Å². The Morgan fingerprint density at radius 2 is 2.00 bits per heavy atom. The van der Waals surface area contributed by atoms with Crippen LogP contribution in [-0.2, 0) is 14.4 Å². The molecule has 1 fully saturated rings. The number of halogens is 1. The molecule has 1 aromatic rings. The fraction of sp³-hybridized carbons (Fsp3) is 0.400. The number of carbonyl (C=O) groups is 3. The van der Waals surface area contributed by atoms with Crippen LogP contribution in [0.4, 0.5) is 5.69 Å². The third kappa shape index (κ3) is 3.22. The molecule has 0 aliphatic carbocycles. The van der Waals surface area contributed by atoms with Gasteiger partial charge in [-0.15, -0.1) is 0 Å². The van der Waals surface area contributed by atoms with Gasteiger partial charge in [0.2, 0.25) is 11.8 Å². The van der Waals surface area contributed by atoms with E-state index in [2.05, 4.69) is 5.32 Å². The monoisotopic (exact) mass is 324 g/mol. The van der Waals surface area contributed by atoms with Gasteiger partial charge in [0.25, 0.3) is 0 Å². The van der Waals surface area contributed by atoms with Crippen molar-refractivity contribution in [3.05, 3.63) is 29.3 Å². The highest BCUT2D eigenvalue weighted by atomic mass is 35.5. The molecule has 1 aliphatic rings. The Hall–Kier alpha value is -2.08. The first-order chi connectivity index (χ1) is 10.2. The summed E-state index contributed by atoms with van der Waals surface area (Å²) < 4.78 is 0. The van der Waals surface area contributed by atoms with Crippen LogP contribution in [-0.4, -0.2) is 35.0 Å². The van der Waals surface area contributed by atoms with Gasteiger partial charge in [-0.1, -0.05) is 23.7 Å². The van der Waals surface area contributed by atoms with E-state index in [-0.39, 0.29) is 18.9 Å². The SMILES string of the molecule is CC(C)(NC(=O)C1CC(=O)N(c2ccccc2Cl)C1)C(=O)O. The molecule has 1 saturated heterocycles. The lowest BCUT2D eigenvalue weighted by atomic mass is 10.0. The topological polar surface area (TPSA) is 86.7 Å². The van der Waals surface area contributed by atoms with Crippen molar-refractivity contribution in [1.82, 2.24) is 5.32 Å². The third-order valence-electron chi connectivity index (χ3n) is 3.61. The number of nitrogens with zero attached hydrogens (tertiary/aromatic N) is 1. The number of para-hydroxylation sites is 1. The zero-order chi connectivity index (χ0) is 16.5. The molecule has 0 saturated carbocycles. The second-order valence-corrected chi connectivity index (χ2v) is 6.18. The first-order valence-electron chi connectivity index (χ1n) is 6.82. The Balaban J connectivity index is 2.11. The van der Waals surface area contributed by atoms with E-state index in [9.17, 15) is 14.4 Å². The average molecular weight is 325 g/mol. The predicted molar refractivity (Wildman–Crippen MR) is 81.8 cm³/mol. The molecule has 0 bridgehead atoms. The second kappa shape index (κ2) is 5.96. The van der Waals surface area contributed by atoms with E-state index in [1.807, 2.05) is 0 Å². The van der Waals surface area contributed by atoms with E-state index in [0.717, 1.165) is 0 Å². The van der Waals surface area contributed by atoms with Crippen LogP contribution in [0.25, 0.3) is 0 Å². The van der Waals surface area contributed by atoms with Crippen LogP contribution in [0, 0.1) is 5.92 Å². The first kappa shape index (κ1) is 16.3. The van der Waals surface area contributed by atoms with Crippen molar-refractivity contribution in [1.29, 1.82) is 0 Å². The van der Waals surface area contributed by atoms with Gasteiger partial charge >= 0.3 is 5.97 Å². The lowest BCUT2D eigenvalue weighted by molar-refractivity contribution is -0.146. The molecule has 2 rings (SSSR count). The first-order valence-corrected chi connectivity index (χ1v) is 7.20. The molecular formula is C15H17ClN2O4. The van der Waals surface area contributed by atoms with E-state index < -0.39 is 23.3 Å². The van der Waals surface area contributed by atoms with Crippen molar-refractivity contribution in [3.8, 4) is 0 Å². The minimum atomic E-state index is -1.38. The summed E-state index contributed by atoms with van der Waals surface area (Å²) in [5.41, 5.74) is -0.820. The van der Waals surface area contributed by atoms with Gasteiger partial charge in [-0.05, 0) is 26.0 Å². The summed E-state index contributed by atoms with van der Waals surface area (Å²) in [5.74, 6) is -2.38. The van der Waals surface area contributed by atoms with Crippen LogP contribution in [0.15, 0.2) is 24.3 Å². The highest BCUT2D eigenvalue weighted by molar-refractivity contribution is 6.33. The van der Waals surface area contributed by atoms with Crippen LogP contribution >= 0.6 is 11.6 Å². The number of anilines is 1. The quantitative estimate of drug-likeness (QED) is 0.882. The molecule has 1 atom stereocenters. The van der Waals surface area contributed by atoms with Crippen LogP contribution < -0.4 is 10.2 Å². The summed E-state index contributed by atoms with van der Waals surface area (Å²) >= 11 is 6.07. The molecule has 0 spiro atoms. The molecule has 1 heterocycles. The van der Waals surface area contributed by atoms with Gasteiger partial charge in [0, 0.05) is 13.0 Å². The largest absolute Gasteiger partial charge is 0.480 e. The van der Waals surface area contributed by atoms with Gasteiger partial charge in [0.1, 0.15) is 5.54 Å². The maximum Gasteiger partial charge on any atom is 0.328 e. The van der Waals surface area contributed by atoms with Crippen LogP contribution in [0.3, 0.4) is 0 Å². The van der Waals surface area contributed by atoms with Gasteiger partial charge in [-0.2, -0.15) is 0 Å². The van der Waals surface area contributed by atoms with E-state index in [1.165, 1.54) is 18.7 Å². The van der Waals surface area contributed by atoms with Crippen molar-refractivity contribution in [2.24, 2.45) is 5.92 Å². The zero-order valence-electron chi connectivity index (χ0n) is 12.3. The lowest BCUT2D eigenvalue weighted by Gasteiger charge is -2.23. The maximum absolute atomic E-state index is 12.2. The Bertz CT molecular complexity index is 630. The Kier molecular flexibility index (Phi) is 4.42. The normalized spacial score (nSPS) is 18.4. The number of carboxylic acid groups (broad SMARTS) is 1. The lowest BCUT2D eigenvalue weighted by Crippen LogP contribution is -2.51. The number of aliphatic carboxylic acids is 1. The molecule has 2 N–H and O–H groups in total. The van der Waals surface area contributed by atoms with E-state index in [0.29, 0.717) is 10.7 Å². The molecule has 2 amide bonds. The van der Waals surface area contributed by atoms with Crippen molar-refractivity contribution in [3.63, 3.8) is 0 Å². The summed E-state index contributed by atoms with van der Waals surface area (Å²) in [7, 11) is 0. The summed E-state index contributed by atoms with van der Waals surface area (Å²) in [6.07, 6.45) is 0.0345. The summed E-state index contributed by atoms with van der Waals surface area (Å²) in [6.45, 7) is 2.98. The average Bonchev–Trinajstić information content (AvgIpc) is 2.81. The van der Waals surface area contributed by atoms with E-state index >= 15 is 0 Å². The van der Waals surface area contributed by atoms with Crippen LogP contribution in [0.1, 0.15) is 20.3 Å². The van der Waals surface area contributed by atoms with E-state index in [4.69, 9.17) is 16.7 Å². The smallest absolute Gasteiger partial charge is 0.328 e. The number of nitrogens with one attached hydrogen (secondary N) is 1. The van der Waals surface area contributed by atoms with Crippen LogP contribution in [0.2, 0.25) is 5.02 Å². The number of carboxylic acids is 1. The summed E-state index contributed by atoms with van der Waals surface area (Å²) in [6, 6.07) is 6.90. The molecule has 0 radical (unpaired) electrons. The molecule has 0 aromatic heterocycles. The van der Waals surface area contributed by atoms with Gasteiger partial charge in [0.15, 0.2) is 0 Å². The van der Waals surface area contributed by atoms with E-state index in [1.54, 1.807) is 24.3 Å². The minimum absolute atomic E-state index is 0.0345. The molecule has 1 aromatic carbocycles. The van der Waals surface area contributed by atoms with Gasteiger partial charge in [-0.25, -0.2) is 4.79 Å². The molecule has 118 valence electrons. The molecule has 22 heavy (non-hydrogen) atoms. The number of hydrogen-bond donors (Lipinski definition) is 2. The third-order valence-corrected chi connectivity index (χ3v) is 3.93.